The van der Waals surface area contributed by atoms with E-state index in [9.17, 15) is 4.79 Å². The van der Waals surface area contributed by atoms with E-state index in [0.29, 0.717) is 17.9 Å². The number of rotatable bonds is 6. The monoisotopic (exact) mass is 381 g/mol. The largest absolute Gasteiger partial charge is 0.332 e. The Morgan fingerprint density at radius 1 is 1.19 bits per heavy atom. The van der Waals surface area contributed by atoms with Crippen molar-refractivity contribution >= 4 is 17.7 Å². The van der Waals surface area contributed by atoms with Crippen molar-refractivity contribution in [3.63, 3.8) is 0 Å². The highest BCUT2D eigenvalue weighted by Gasteiger charge is 2.19. The molecule has 7 heteroatoms. The van der Waals surface area contributed by atoms with Crippen LogP contribution in [0.4, 0.5) is 0 Å². The number of carbonyl (C=O) groups excluding carboxylic acids is 1. The zero-order chi connectivity index (χ0) is 19.4. The van der Waals surface area contributed by atoms with Crippen LogP contribution >= 0.6 is 11.8 Å². The fraction of sp³-hybridized carbons (Fsp3) is 0.300. The van der Waals surface area contributed by atoms with Gasteiger partial charge in [0, 0.05) is 28.6 Å². The molecule has 0 bridgehead atoms. The van der Waals surface area contributed by atoms with E-state index < -0.39 is 0 Å². The van der Waals surface area contributed by atoms with Crippen molar-refractivity contribution in [2.24, 2.45) is 7.05 Å². The van der Waals surface area contributed by atoms with Gasteiger partial charge in [-0.3, -0.25) is 4.79 Å². The van der Waals surface area contributed by atoms with Crippen molar-refractivity contribution in [2.45, 2.75) is 31.3 Å². The maximum absolute atomic E-state index is 13.1. The summed E-state index contributed by atoms with van der Waals surface area (Å²) < 4.78 is 0. The fourth-order valence-corrected chi connectivity index (χ4v) is 3.27. The van der Waals surface area contributed by atoms with E-state index >= 15 is 0 Å². The van der Waals surface area contributed by atoms with E-state index in [2.05, 4.69) is 39.9 Å². The summed E-state index contributed by atoms with van der Waals surface area (Å²) in [6.45, 7) is 4.65. The molecule has 0 aliphatic rings. The van der Waals surface area contributed by atoms with E-state index in [1.54, 1.807) is 18.8 Å². The SMILES string of the molecule is CSc1cccc(CN(C(=O)c2ccc(-c3nnn(C)n3)cc2)C(C)C)c1. The molecule has 0 atom stereocenters. The number of aromatic nitrogens is 4. The van der Waals surface area contributed by atoms with Gasteiger partial charge in [0.15, 0.2) is 0 Å². The van der Waals surface area contributed by atoms with Crippen LogP contribution in [0.15, 0.2) is 53.4 Å². The molecule has 0 saturated heterocycles. The smallest absolute Gasteiger partial charge is 0.254 e. The first-order valence-electron chi connectivity index (χ1n) is 8.76. The Kier molecular flexibility index (Phi) is 5.91. The van der Waals surface area contributed by atoms with Crippen molar-refractivity contribution < 1.29 is 4.79 Å². The van der Waals surface area contributed by atoms with Gasteiger partial charge in [0.25, 0.3) is 5.91 Å². The molecule has 0 N–H and O–H groups in total. The first-order chi connectivity index (χ1) is 13.0. The van der Waals surface area contributed by atoms with Gasteiger partial charge in [0.05, 0.1) is 7.05 Å². The number of hydrogen-bond acceptors (Lipinski definition) is 5. The minimum Gasteiger partial charge on any atom is -0.332 e. The van der Waals surface area contributed by atoms with Gasteiger partial charge in [-0.15, -0.1) is 22.0 Å². The number of tetrazole rings is 1. The summed E-state index contributed by atoms with van der Waals surface area (Å²) >= 11 is 1.70. The van der Waals surface area contributed by atoms with Crippen LogP contribution in [-0.4, -0.2) is 43.3 Å². The number of nitrogens with zero attached hydrogens (tertiary/aromatic N) is 5. The molecule has 1 heterocycles. The van der Waals surface area contributed by atoms with Gasteiger partial charge in [-0.1, -0.05) is 24.3 Å². The van der Waals surface area contributed by atoms with Crippen LogP contribution < -0.4 is 0 Å². The predicted octanol–water partition coefficient (Wildman–Crippen LogP) is 3.65. The summed E-state index contributed by atoms with van der Waals surface area (Å²) in [5.41, 5.74) is 2.62. The van der Waals surface area contributed by atoms with E-state index in [-0.39, 0.29) is 11.9 Å². The molecule has 0 spiro atoms. The molecule has 0 fully saturated rings. The molecule has 1 amide bonds. The summed E-state index contributed by atoms with van der Waals surface area (Å²) in [7, 11) is 1.72. The summed E-state index contributed by atoms with van der Waals surface area (Å²) in [5, 5.41) is 12.0. The molecular weight excluding hydrogens is 358 g/mol. The van der Waals surface area contributed by atoms with Crippen molar-refractivity contribution in [1.82, 2.24) is 25.1 Å². The van der Waals surface area contributed by atoms with Gasteiger partial charge >= 0.3 is 0 Å². The van der Waals surface area contributed by atoms with Crippen LogP contribution in [-0.2, 0) is 13.6 Å². The first kappa shape index (κ1) is 19.1. The number of benzene rings is 2. The minimum atomic E-state index is 0.0122. The first-order valence-corrected chi connectivity index (χ1v) is 9.98. The average Bonchev–Trinajstić information content (AvgIpc) is 3.12. The topological polar surface area (TPSA) is 63.9 Å². The molecule has 27 heavy (non-hydrogen) atoms. The molecule has 0 radical (unpaired) electrons. The number of hydrogen-bond donors (Lipinski definition) is 0. The fourth-order valence-electron chi connectivity index (χ4n) is 2.78. The van der Waals surface area contributed by atoms with Crippen molar-refractivity contribution in [3.8, 4) is 11.4 Å². The van der Waals surface area contributed by atoms with Gasteiger partial charge in [0.2, 0.25) is 5.82 Å². The van der Waals surface area contributed by atoms with E-state index in [0.717, 1.165) is 11.1 Å². The molecule has 1 aromatic heterocycles. The van der Waals surface area contributed by atoms with Gasteiger partial charge in [-0.05, 0) is 55.1 Å². The molecule has 0 aliphatic heterocycles. The highest BCUT2D eigenvalue weighted by atomic mass is 32.2. The van der Waals surface area contributed by atoms with E-state index in [1.165, 1.54) is 9.69 Å². The number of carbonyl (C=O) groups is 1. The second-order valence-electron chi connectivity index (χ2n) is 6.56. The quantitative estimate of drug-likeness (QED) is 0.610. The summed E-state index contributed by atoms with van der Waals surface area (Å²) in [5.74, 6) is 0.560. The van der Waals surface area contributed by atoms with Crippen LogP contribution in [0.3, 0.4) is 0 Å². The lowest BCUT2D eigenvalue weighted by Gasteiger charge is -2.27. The lowest BCUT2D eigenvalue weighted by Crippen LogP contribution is -2.36. The predicted molar refractivity (Wildman–Crippen MR) is 107 cm³/mol. The average molecular weight is 382 g/mol. The van der Waals surface area contributed by atoms with Gasteiger partial charge in [0.1, 0.15) is 0 Å². The Labute approximate surface area is 163 Å². The molecule has 0 unspecified atom stereocenters. The van der Waals surface area contributed by atoms with Crippen molar-refractivity contribution in [2.75, 3.05) is 6.26 Å². The Morgan fingerprint density at radius 3 is 2.52 bits per heavy atom. The summed E-state index contributed by atoms with van der Waals surface area (Å²) in [6.07, 6.45) is 2.05. The highest BCUT2D eigenvalue weighted by Crippen LogP contribution is 2.20. The third-order valence-electron chi connectivity index (χ3n) is 4.27. The third kappa shape index (κ3) is 4.54. The van der Waals surface area contributed by atoms with Crippen LogP contribution in [0.25, 0.3) is 11.4 Å². The number of thioether (sulfide) groups is 1. The molecule has 3 rings (SSSR count). The maximum atomic E-state index is 13.1. The minimum absolute atomic E-state index is 0.0122. The Hall–Kier alpha value is -2.67. The standard InChI is InChI=1S/C20H23N5OS/c1-14(2)25(13-15-6-5-7-18(12-15)27-4)20(26)17-10-8-16(9-11-17)19-21-23-24(3)22-19/h5-12,14H,13H2,1-4H3. The zero-order valence-electron chi connectivity index (χ0n) is 16.0. The molecule has 0 aliphatic carbocycles. The Bertz CT molecular complexity index is 920. The van der Waals surface area contributed by atoms with E-state index in [1.807, 2.05) is 49.1 Å². The lowest BCUT2D eigenvalue weighted by molar-refractivity contribution is 0.0690. The molecule has 2 aromatic carbocycles. The lowest BCUT2D eigenvalue weighted by atomic mass is 10.1. The van der Waals surface area contributed by atoms with Crippen molar-refractivity contribution in [3.05, 3.63) is 59.7 Å². The third-order valence-corrected chi connectivity index (χ3v) is 4.99. The molecule has 140 valence electrons. The molecule has 0 saturated carbocycles. The van der Waals surface area contributed by atoms with Crippen LogP contribution in [0.5, 0.6) is 0 Å². The highest BCUT2D eigenvalue weighted by molar-refractivity contribution is 7.98. The van der Waals surface area contributed by atoms with Crippen LogP contribution in [0.2, 0.25) is 0 Å². The van der Waals surface area contributed by atoms with Gasteiger partial charge < -0.3 is 4.90 Å². The summed E-state index contributed by atoms with van der Waals surface area (Å²) in [4.78, 5) is 17.6. The number of amides is 1. The molecule has 6 nitrogen and oxygen atoms in total. The maximum Gasteiger partial charge on any atom is 0.254 e. The van der Waals surface area contributed by atoms with E-state index in [4.69, 9.17) is 0 Å². The second-order valence-corrected chi connectivity index (χ2v) is 7.44. The Morgan fingerprint density at radius 2 is 1.93 bits per heavy atom. The number of aryl methyl sites for hydroxylation is 1. The van der Waals surface area contributed by atoms with Gasteiger partial charge in [-0.2, -0.15) is 4.80 Å². The van der Waals surface area contributed by atoms with Crippen LogP contribution in [0, 0.1) is 0 Å². The zero-order valence-corrected chi connectivity index (χ0v) is 16.8. The van der Waals surface area contributed by atoms with Crippen molar-refractivity contribution in [1.29, 1.82) is 0 Å². The van der Waals surface area contributed by atoms with Crippen LogP contribution in [0.1, 0.15) is 29.8 Å². The molecular formula is C20H23N5OS. The second kappa shape index (κ2) is 8.35. The Balaban J connectivity index is 1.80. The van der Waals surface area contributed by atoms with Gasteiger partial charge in [-0.25, -0.2) is 0 Å². The normalized spacial score (nSPS) is 11.0. The molecule has 3 aromatic rings. The summed E-state index contributed by atoms with van der Waals surface area (Å²) in [6, 6.07) is 15.8.